The molecule has 1 aliphatic carbocycles. The Balaban J connectivity index is 2.97. The lowest BCUT2D eigenvalue weighted by Gasteiger charge is -2.27. The van der Waals surface area contributed by atoms with Crippen molar-refractivity contribution in [2.24, 2.45) is 39.8 Å². The number of carboxylic acid groups (broad SMARTS) is 1. The summed E-state index contributed by atoms with van der Waals surface area (Å²) >= 11 is 0. The zero-order chi connectivity index (χ0) is 33.2. The fourth-order valence-electron chi connectivity index (χ4n) is 4.80. The number of rotatable bonds is 19. The molecule has 1 saturated carbocycles. The topological polar surface area (TPSA) is 287 Å². The molecule has 13 N–H and O–H groups in total. The number of carboxylic acids is 1. The fraction of sp³-hybridized carbons (Fsp3) is 0.750. The molecule has 5 amide bonds. The number of nitrogens with zero attached hydrogens (tertiary/aromatic N) is 1. The number of nitrogens with two attached hydrogens (primary N) is 4. The number of nitrogens with one attached hydrogen (secondary N) is 4. The van der Waals surface area contributed by atoms with Crippen molar-refractivity contribution in [1.82, 2.24) is 21.3 Å². The van der Waals surface area contributed by atoms with Crippen molar-refractivity contribution in [3.63, 3.8) is 0 Å². The minimum Gasteiger partial charge on any atom is -0.481 e. The summed E-state index contributed by atoms with van der Waals surface area (Å²) in [6.07, 6.45) is 5.17. The summed E-state index contributed by atoms with van der Waals surface area (Å²) < 4.78 is 0. The number of imide groups is 1. The first kappa shape index (κ1) is 38.2. The largest absolute Gasteiger partial charge is 0.481 e. The summed E-state index contributed by atoms with van der Waals surface area (Å²) in [6, 6.07) is -4.86. The lowest BCUT2D eigenvalue weighted by molar-refractivity contribution is -0.141. The van der Waals surface area contributed by atoms with E-state index in [4.69, 9.17) is 22.9 Å². The Morgan fingerprint density at radius 2 is 1.43 bits per heavy atom. The van der Waals surface area contributed by atoms with E-state index in [-0.39, 0.29) is 31.3 Å². The standard InChI is InChI=1S/C28H51N9O7/c1-16(2)22(27(44)37-23(40)17-9-4-3-5-10-17)36-26(43)20(15-21(38)39)35-25(42)19(12-6-7-13-29)34-24(41)18(30)11-8-14-33-28(31)32/h16-20,22H,3-15,29-30H2,1-2H3,(H,34,41)(H,35,42)(H,36,43)(H,38,39)(H4,31,32,33)(H,37,40,44)/t18-,19-,20-,22-/m0/s1. The molecule has 0 aromatic rings. The average Bonchev–Trinajstić information content (AvgIpc) is 2.96. The maximum absolute atomic E-state index is 13.3. The highest BCUT2D eigenvalue weighted by Gasteiger charge is 2.34. The van der Waals surface area contributed by atoms with Crippen molar-refractivity contribution in [1.29, 1.82) is 0 Å². The second-order valence-corrected chi connectivity index (χ2v) is 11.5. The Morgan fingerprint density at radius 1 is 0.818 bits per heavy atom. The van der Waals surface area contributed by atoms with Gasteiger partial charge in [-0.25, -0.2) is 0 Å². The van der Waals surface area contributed by atoms with E-state index < -0.39 is 72.0 Å². The number of unbranched alkanes of at least 4 members (excludes halogenated alkanes) is 1. The Labute approximate surface area is 258 Å². The van der Waals surface area contributed by atoms with Crippen LogP contribution in [0.15, 0.2) is 4.99 Å². The van der Waals surface area contributed by atoms with Crippen LogP contribution in [-0.2, 0) is 28.8 Å². The van der Waals surface area contributed by atoms with E-state index in [1.165, 1.54) is 0 Å². The van der Waals surface area contributed by atoms with Crippen molar-refractivity contribution in [3.05, 3.63) is 0 Å². The van der Waals surface area contributed by atoms with E-state index in [1.807, 2.05) is 0 Å². The van der Waals surface area contributed by atoms with Gasteiger partial charge in [-0.15, -0.1) is 0 Å². The minimum atomic E-state index is -1.58. The summed E-state index contributed by atoms with van der Waals surface area (Å²) in [5.74, 6) is -5.70. The van der Waals surface area contributed by atoms with Gasteiger partial charge in [0.2, 0.25) is 29.5 Å². The molecule has 1 rings (SSSR count). The van der Waals surface area contributed by atoms with Crippen LogP contribution in [0.2, 0.25) is 0 Å². The summed E-state index contributed by atoms with van der Waals surface area (Å²) in [5.41, 5.74) is 22.1. The monoisotopic (exact) mass is 625 g/mol. The van der Waals surface area contributed by atoms with Crippen LogP contribution in [0.4, 0.5) is 0 Å². The summed E-state index contributed by atoms with van der Waals surface area (Å²) in [5, 5.41) is 19.3. The van der Waals surface area contributed by atoms with Gasteiger partial charge in [0.15, 0.2) is 5.96 Å². The molecule has 0 saturated heterocycles. The smallest absolute Gasteiger partial charge is 0.305 e. The predicted octanol–water partition coefficient (Wildman–Crippen LogP) is -1.70. The summed E-state index contributed by atoms with van der Waals surface area (Å²) in [7, 11) is 0. The molecule has 0 aromatic carbocycles. The molecule has 1 aliphatic rings. The number of aliphatic carboxylic acids is 1. The van der Waals surface area contributed by atoms with Crippen molar-refractivity contribution >= 4 is 41.5 Å². The molecular formula is C28H51N9O7. The third kappa shape index (κ3) is 14.6. The number of carbonyl (C=O) groups is 6. The highest BCUT2D eigenvalue weighted by atomic mass is 16.4. The van der Waals surface area contributed by atoms with Gasteiger partial charge < -0.3 is 44.0 Å². The Kier molecular flexibility index (Phi) is 17.6. The maximum Gasteiger partial charge on any atom is 0.305 e. The van der Waals surface area contributed by atoms with Crippen molar-refractivity contribution in [2.45, 2.75) is 109 Å². The van der Waals surface area contributed by atoms with Crippen LogP contribution in [0.25, 0.3) is 0 Å². The predicted molar refractivity (Wildman–Crippen MR) is 163 cm³/mol. The van der Waals surface area contributed by atoms with Crippen LogP contribution >= 0.6 is 0 Å². The average molecular weight is 626 g/mol. The van der Waals surface area contributed by atoms with Crippen LogP contribution in [0, 0.1) is 11.8 Å². The molecule has 0 radical (unpaired) electrons. The molecule has 0 bridgehead atoms. The van der Waals surface area contributed by atoms with Crippen LogP contribution in [0.1, 0.15) is 84.5 Å². The van der Waals surface area contributed by atoms with Gasteiger partial charge in [-0.1, -0.05) is 33.1 Å². The van der Waals surface area contributed by atoms with Gasteiger partial charge in [-0.2, -0.15) is 0 Å². The number of hydrogen-bond donors (Lipinski definition) is 9. The quantitative estimate of drug-likeness (QED) is 0.0443. The van der Waals surface area contributed by atoms with Crippen molar-refractivity contribution in [2.75, 3.05) is 13.1 Å². The SMILES string of the molecule is CC(C)[C@H](NC(=O)[C@H](CC(=O)O)NC(=O)[C@H](CCCCN)NC(=O)[C@@H](N)CCCN=C(N)N)C(=O)NC(=O)C1CCCCC1. The van der Waals surface area contributed by atoms with Crippen LogP contribution in [0.5, 0.6) is 0 Å². The molecule has 0 heterocycles. The van der Waals surface area contributed by atoms with E-state index in [2.05, 4.69) is 26.3 Å². The Bertz CT molecular complexity index is 1010. The molecule has 250 valence electrons. The van der Waals surface area contributed by atoms with E-state index >= 15 is 0 Å². The molecule has 0 spiro atoms. The first-order valence-corrected chi connectivity index (χ1v) is 15.2. The van der Waals surface area contributed by atoms with Gasteiger partial charge in [0, 0.05) is 12.5 Å². The van der Waals surface area contributed by atoms with Gasteiger partial charge >= 0.3 is 5.97 Å². The first-order valence-electron chi connectivity index (χ1n) is 15.2. The minimum absolute atomic E-state index is 0.0899. The lowest BCUT2D eigenvalue weighted by atomic mass is 9.88. The molecule has 0 unspecified atom stereocenters. The lowest BCUT2D eigenvalue weighted by Crippen LogP contribution is -2.59. The molecule has 1 fully saturated rings. The molecule has 16 heteroatoms. The van der Waals surface area contributed by atoms with E-state index in [0.29, 0.717) is 38.6 Å². The second-order valence-electron chi connectivity index (χ2n) is 11.5. The molecule has 4 atom stereocenters. The number of hydrogen-bond acceptors (Lipinski definition) is 9. The van der Waals surface area contributed by atoms with E-state index in [0.717, 1.165) is 19.3 Å². The zero-order valence-electron chi connectivity index (χ0n) is 25.8. The van der Waals surface area contributed by atoms with Gasteiger partial charge in [-0.05, 0) is 57.4 Å². The highest BCUT2D eigenvalue weighted by molar-refractivity contribution is 6.01. The van der Waals surface area contributed by atoms with Gasteiger partial charge in [0.1, 0.15) is 18.1 Å². The molecule has 16 nitrogen and oxygen atoms in total. The van der Waals surface area contributed by atoms with Gasteiger partial charge in [0.05, 0.1) is 12.5 Å². The third-order valence-corrected chi connectivity index (χ3v) is 7.37. The second kappa shape index (κ2) is 20.2. The summed E-state index contributed by atoms with van der Waals surface area (Å²) in [4.78, 5) is 80.2. The van der Waals surface area contributed by atoms with Crippen LogP contribution < -0.4 is 44.2 Å². The zero-order valence-corrected chi connectivity index (χ0v) is 25.8. The maximum atomic E-state index is 13.3. The number of carbonyl (C=O) groups excluding carboxylic acids is 5. The molecule has 0 aliphatic heterocycles. The Hall–Kier alpha value is -3.79. The number of aliphatic imine (C=N–C) groups is 1. The van der Waals surface area contributed by atoms with Crippen molar-refractivity contribution < 1.29 is 33.9 Å². The van der Waals surface area contributed by atoms with Crippen molar-refractivity contribution in [3.8, 4) is 0 Å². The normalized spacial score (nSPS) is 16.1. The summed E-state index contributed by atoms with van der Waals surface area (Å²) in [6.45, 7) is 3.92. The first-order chi connectivity index (χ1) is 20.8. The van der Waals surface area contributed by atoms with Gasteiger partial charge in [0.25, 0.3) is 0 Å². The third-order valence-electron chi connectivity index (χ3n) is 7.37. The van der Waals surface area contributed by atoms with E-state index in [9.17, 15) is 33.9 Å². The van der Waals surface area contributed by atoms with Crippen LogP contribution in [0.3, 0.4) is 0 Å². The number of amides is 5. The molecular weight excluding hydrogens is 574 g/mol. The highest BCUT2D eigenvalue weighted by Crippen LogP contribution is 2.23. The fourth-order valence-corrected chi connectivity index (χ4v) is 4.80. The van der Waals surface area contributed by atoms with Crippen LogP contribution in [-0.4, -0.2) is 83.8 Å². The number of guanidine groups is 1. The Morgan fingerprint density at radius 3 is 2.00 bits per heavy atom. The molecule has 44 heavy (non-hydrogen) atoms. The van der Waals surface area contributed by atoms with Gasteiger partial charge in [-0.3, -0.25) is 39.1 Å². The molecule has 0 aromatic heterocycles. The van der Waals surface area contributed by atoms with E-state index in [1.54, 1.807) is 13.8 Å².